The average molecular weight is 220 g/mol. The molecule has 6 heteroatoms. The quantitative estimate of drug-likeness (QED) is 0.832. The molecule has 1 aromatic rings. The van der Waals surface area contributed by atoms with Gasteiger partial charge in [0.15, 0.2) is 0 Å². The highest BCUT2D eigenvalue weighted by Gasteiger charge is 2.31. The van der Waals surface area contributed by atoms with Crippen molar-refractivity contribution in [2.24, 2.45) is 5.73 Å². The largest absolute Gasteiger partial charge is 0.390 e. The molecule has 2 nitrogen and oxygen atoms in total. The Labute approximate surface area is 82.8 Å². The van der Waals surface area contributed by atoms with Crippen molar-refractivity contribution in [3.8, 4) is 6.07 Å². The molecule has 0 aliphatic rings. The van der Waals surface area contributed by atoms with Crippen molar-refractivity contribution in [1.82, 2.24) is 0 Å². The summed E-state index contributed by atoms with van der Waals surface area (Å²) in [6, 6.07) is 2.16. The monoisotopic (exact) mass is 220 g/mol. The molecule has 1 heterocycles. The van der Waals surface area contributed by atoms with Gasteiger partial charge in [-0.2, -0.15) is 18.4 Å². The van der Waals surface area contributed by atoms with Gasteiger partial charge < -0.3 is 5.73 Å². The Hall–Kier alpha value is -1.06. The fourth-order valence-corrected chi connectivity index (χ4v) is 1.73. The van der Waals surface area contributed by atoms with Crippen LogP contribution >= 0.6 is 11.3 Å². The summed E-state index contributed by atoms with van der Waals surface area (Å²) >= 11 is 1.10. The van der Waals surface area contributed by atoms with E-state index in [1.807, 2.05) is 6.07 Å². The number of rotatable bonds is 2. The van der Waals surface area contributed by atoms with Crippen LogP contribution in [0.1, 0.15) is 22.9 Å². The molecule has 0 saturated heterocycles. The number of hydrogen-bond acceptors (Lipinski definition) is 3. The predicted octanol–water partition coefficient (Wildman–Crippen LogP) is 2.57. The van der Waals surface area contributed by atoms with Crippen molar-refractivity contribution < 1.29 is 13.2 Å². The van der Waals surface area contributed by atoms with Crippen LogP contribution in [0.2, 0.25) is 0 Å². The number of alkyl halides is 3. The van der Waals surface area contributed by atoms with Crippen molar-refractivity contribution in [1.29, 1.82) is 5.26 Å². The van der Waals surface area contributed by atoms with Crippen LogP contribution in [0.4, 0.5) is 13.2 Å². The van der Waals surface area contributed by atoms with E-state index in [4.69, 9.17) is 11.0 Å². The van der Waals surface area contributed by atoms with Gasteiger partial charge in [-0.05, 0) is 17.0 Å². The van der Waals surface area contributed by atoms with Crippen LogP contribution in [0.3, 0.4) is 0 Å². The second kappa shape index (κ2) is 3.98. The van der Waals surface area contributed by atoms with E-state index in [0.717, 1.165) is 11.3 Å². The first-order valence-electron chi connectivity index (χ1n) is 3.73. The molecule has 0 aromatic carbocycles. The van der Waals surface area contributed by atoms with Crippen LogP contribution in [0.25, 0.3) is 0 Å². The van der Waals surface area contributed by atoms with Crippen LogP contribution in [0, 0.1) is 11.3 Å². The summed E-state index contributed by atoms with van der Waals surface area (Å²) in [4.78, 5) is 0.373. The Kier molecular flexibility index (Phi) is 3.13. The Morgan fingerprint density at radius 1 is 1.57 bits per heavy atom. The van der Waals surface area contributed by atoms with E-state index in [1.165, 1.54) is 11.4 Å². The van der Waals surface area contributed by atoms with Gasteiger partial charge in [0, 0.05) is 6.04 Å². The fourth-order valence-electron chi connectivity index (χ4n) is 0.971. The Balaban J connectivity index is 2.71. The van der Waals surface area contributed by atoms with Crippen molar-refractivity contribution in [3.05, 3.63) is 21.9 Å². The second-order valence-electron chi connectivity index (χ2n) is 2.78. The lowest BCUT2D eigenvalue weighted by Gasteiger charge is -2.12. The third kappa shape index (κ3) is 3.01. The summed E-state index contributed by atoms with van der Waals surface area (Å²) in [7, 11) is 0. The van der Waals surface area contributed by atoms with Gasteiger partial charge >= 0.3 is 6.18 Å². The normalized spacial score (nSPS) is 13.6. The second-order valence-corrected chi connectivity index (χ2v) is 3.69. The molecule has 0 saturated carbocycles. The molecule has 1 aromatic heterocycles. The summed E-state index contributed by atoms with van der Waals surface area (Å²) < 4.78 is 35.8. The van der Waals surface area contributed by atoms with E-state index in [-0.39, 0.29) is 0 Å². The van der Waals surface area contributed by atoms with Crippen LogP contribution in [-0.4, -0.2) is 6.18 Å². The molecule has 76 valence electrons. The van der Waals surface area contributed by atoms with Crippen molar-refractivity contribution >= 4 is 11.3 Å². The van der Waals surface area contributed by atoms with Crippen molar-refractivity contribution in [3.63, 3.8) is 0 Å². The highest BCUT2D eigenvalue weighted by atomic mass is 32.1. The third-order valence-corrected chi connectivity index (χ3v) is 2.46. The maximum atomic E-state index is 11.9. The van der Waals surface area contributed by atoms with E-state index in [9.17, 15) is 13.2 Å². The molecule has 0 radical (unpaired) electrons. The van der Waals surface area contributed by atoms with Crippen molar-refractivity contribution in [2.45, 2.75) is 18.6 Å². The summed E-state index contributed by atoms with van der Waals surface area (Å²) in [5, 5.41) is 9.94. The topological polar surface area (TPSA) is 49.8 Å². The smallest absolute Gasteiger partial charge is 0.324 e. The van der Waals surface area contributed by atoms with Gasteiger partial charge in [-0.3, -0.25) is 0 Å². The molecular weight excluding hydrogens is 213 g/mol. The maximum absolute atomic E-state index is 11.9. The standard InChI is InChI=1S/C8H7F3N2S/c9-8(10,11)2-7(13)5-1-6(3-12)14-4-5/h1,4,7H,2,13H2/t7-/m1/s1. The van der Waals surface area contributed by atoms with E-state index in [2.05, 4.69) is 0 Å². The van der Waals surface area contributed by atoms with Gasteiger partial charge in [0.2, 0.25) is 0 Å². The lowest BCUT2D eigenvalue weighted by Crippen LogP contribution is -2.19. The molecule has 14 heavy (non-hydrogen) atoms. The van der Waals surface area contributed by atoms with Crippen LogP contribution in [0.15, 0.2) is 11.4 Å². The highest BCUT2D eigenvalue weighted by molar-refractivity contribution is 7.10. The Morgan fingerprint density at radius 2 is 2.21 bits per heavy atom. The molecule has 0 fully saturated rings. The number of nitrogens with two attached hydrogens (primary N) is 1. The molecule has 0 aliphatic carbocycles. The molecule has 1 atom stereocenters. The van der Waals surface area contributed by atoms with Crippen LogP contribution in [0.5, 0.6) is 0 Å². The fraction of sp³-hybridized carbons (Fsp3) is 0.375. The molecular formula is C8H7F3N2S. The zero-order chi connectivity index (χ0) is 10.8. The summed E-state index contributed by atoms with van der Waals surface area (Å²) in [5.41, 5.74) is 5.69. The maximum Gasteiger partial charge on any atom is 0.390 e. The minimum Gasteiger partial charge on any atom is -0.324 e. The first-order chi connectivity index (χ1) is 6.42. The summed E-state index contributed by atoms with van der Waals surface area (Å²) in [6.45, 7) is 0. The lowest BCUT2D eigenvalue weighted by atomic mass is 10.1. The highest BCUT2D eigenvalue weighted by Crippen LogP contribution is 2.29. The average Bonchev–Trinajstić information content (AvgIpc) is 2.48. The molecule has 0 bridgehead atoms. The number of nitriles is 1. The zero-order valence-electron chi connectivity index (χ0n) is 7.01. The molecule has 0 amide bonds. The number of halogens is 3. The summed E-state index contributed by atoms with van der Waals surface area (Å²) in [6.07, 6.45) is -5.33. The van der Waals surface area contributed by atoms with Gasteiger partial charge in [-0.25, -0.2) is 0 Å². The van der Waals surface area contributed by atoms with Gasteiger partial charge in [0.1, 0.15) is 10.9 Å². The molecule has 2 N–H and O–H groups in total. The van der Waals surface area contributed by atoms with Gasteiger partial charge in [-0.15, -0.1) is 11.3 Å². The van der Waals surface area contributed by atoms with Gasteiger partial charge in [0.25, 0.3) is 0 Å². The number of thiophene rings is 1. The molecule has 0 unspecified atom stereocenters. The Bertz CT molecular complexity index is 350. The predicted molar refractivity (Wildman–Crippen MR) is 46.6 cm³/mol. The minimum atomic E-state index is -4.27. The summed E-state index contributed by atoms with van der Waals surface area (Å²) in [5.74, 6) is 0. The van der Waals surface area contributed by atoms with Crippen LogP contribution in [-0.2, 0) is 0 Å². The van der Waals surface area contributed by atoms with E-state index in [0.29, 0.717) is 10.4 Å². The lowest BCUT2D eigenvalue weighted by molar-refractivity contribution is -0.138. The Morgan fingerprint density at radius 3 is 2.64 bits per heavy atom. The molecule has 0 aliphatic heterocycles. The van der Waals surface area contributed by atoms with E-state index in [1.54, 1.807) is 0 Å². The molecule has 1 rings (SSSR count). The van der Waals surface area contributed by atoms with E-state index < -0.39 is 18.6 Å². The van der Waals surface area contributed by atoms with Gasteiger partial charge in [0.05, 0.1) is 6.42 Å². The number of nitrogens with zero attached hydrogens (tertiary/aromatic N) is 1. The number of hydrogen-bond donors (Lipinski definition) is 1. The minimum absolute atomic E-state index is 0.365. The first-order valence-corrected chi connectivity index (χ1v) is 4.61. The van der Waals surface area contributed by atoms with Crippen LogP contribution < -0.4 is 5.73 Å². The third-order valence-electron chi connectivity index (χ3n) is 1.61. The zero-order valence-corrected chi connectivity index (χ0v) is 7.82. The molecule has 0 spiro atoms. The van der Waals surface area contributed by atoms with Gasteiger partial charge in [-0.1, -0.05) is 0 Å². The van der Waals surface area contributed by atoms with Crippen molar-refractivity contribution in [2.75, 3.05) is 0 Å². The SMILES string of the molecule is N#Cc1cc([C@H](N)CC(F)(F)F)cs1. The first kappa shape index (κ1) is 11.0. The van der Waals surface area contributed by atoms with E-state index >= 15 is 0 Å².